The molecule has 2 aliphatic carbocycles. The van der Waals surface area contributed by atoms with Crippen molar-refractivity contribution < 1.29 is 0 Å². The molecule has 2 aliphatic rings. The molecule has 0 amide bonds. The van der Waals surface area contributed by atoms with Gasteiger partial charge in [-0.2, -0.15) is 0 Å². The fraction of sp³-hybridized carbons (Fsp3) is 0.368. The Morgan fingerprint density at radius 2 is 1.51 bits per heavy atom. The van der Waals surface area contributed by atoms with E-state index < -0.39 is 0 Å². The van der Waals surface area contributed by atoms with Crippen LogP contribution in [0.15, 0.2) is 98.0 Å². The van der Waals surface area contributed by atoms with Gasteiger partial charge in [-0.15, -0.1) is 12.6 Å². The fourth-order valence-electron chi connectivity index (χ4n) is 6.81. The Kier molecular flexibility index (Phi) is 11.2. The van der Waals surface area contributed by atoms with Gasteiger partial charge in [0.1, 0.15) is 0 Å². The van der Waals surface area contributed by atoms with Crippen molar-refractivity contribution in [3.05, 3.63) is 115 Å². The van der Waals surface area contributed by atoms with E-state index in [1.165, 1.54) is 66.1 Å². The summed E-state index contributed by atoms with van der Waals surface area (Å²) in [6, 6.07) is 25.0. The van der Waals surface area contributed by atoms with Crippen LogP contribution in [0.4, 0.5) is 0 Å². The molecule has 3 aromatic rings. The van der Waals surface area contributed by atoms with Gasteiger partial charge in [0.2, 0.25) is 6.71 Å². The first-order chi connectivity index (χ1) is 19.1. The summed E-state index contributed by atoms with van der Waals surface area (Å²) in [6.07, 6.45) is 12.4. The van der Waals surface area contributed by atoms with Crippen LogP contribution in [-0.2, 0) is 5.41 Å². The van der Waals surface area contributed by atoms with Crippen molar-refractivity contribution in [3.63, 3.8) is 0 Å². The second kappa shape index (κ2) is 14.4. The zero-order chi connectivity index (χ0) is 28.4. The third-order valence-electron chi connectivity index (χ3n) is 8.51. The second-order valence-corrected chi connectivity index (χ2v) is 10.7. The van der Waals surface area contributed by atoms with E-state index in [0.29, 0.717) is 11.3 Å². The maximum Gasteiger partial charge on any atom is 0.234 e. The molecular formula is C38H49B. The van der Waals surface area contributed by atoms with Gasteiger partial charge in [-0.1, -0.05) is 150 Å². The average molecular weight is 517 g/mol. The molecule has 0 aliphatic heterocycles. The molecule has 1 fully saturated rings. The van der Waals surface area contributed by atoms with Gasteiger partial charge < -0.3 is 0 Å². The highest BCUT2D eigenvalue weighted by molar-refractivity contribution is 6.89. The van der Waals surface area contributed by atoms with Crippen molar-refractivity contribution in [1.82, 2.24) is 0 Å². The van der Waals surface area contributed by atoms with E-state index in [4.69, 9.17) is 0 Å². The fourth-order valence-corrected chi connectivity index (χ4v) is 6.81. The quantitative estimate of drug-likeness (QED) is 0.226. The van der Waals surface area contributed by atoms with Crippen LogP contribution in [0.3, 0.4) is 0 Å². The molecule has 5 rings (SSSR count). The molecule has 1 heteroatoms. The lowest BCUT2D eigenvalue weighted by molar-refractivity contribution is 0.283. The van der Waals surface area contributed by atoms with Crippen molar-refractivity contribution in [2.24, 2.45) is 0 Å². The summed E-state index contributed by atoms with van der Waals surface area (Å²) in [6.45, 7) is 21.1. The lowest BCUT2D eigenvalue weighted by atomic mass is 9.40. The van der Waals surface area contributed by atoms with E-state index >= 15 is 0 Å². The van der Waals surface area contributed by atoms with E-state index in [1.54, 1.807) is 11.1 Å². The summed E-state index contributed by atoms with van der Waals surface area (Å²) >= 11 is 0. The van der Waals surface area contributed by atoms with Gasteiger partial charge in [-0.25, -0.2) is 0 Å². The third kappa shape index (κ3) is 6.41. The summed E-state index contributed by atoms with van der Waals surface area (Å²) in [7, 11) is 0. The van der Waals surface area contributed by atoms with Crippen molar-refractivity contribution in [1.29, 1.82) is 0 Å². The van der Waals surface area contributed by atoms with Gasteiger partial charge in [-0.3, -0.25) is 0 Å². The summed E-state index contributed by atoms with van der Waals surface area (Å²) in [5, 5.41) is 0. The molecule has 0 heterocycles. The smallest absolute Gasteiger partial charge is 0.113 e. The monoisotopic (exact) mass is 516 g/mol. The second-order valence-electron chi connectivity index (χ2n) is 10.7. The number of hydrogen-bond donors (Lipinski definition) is 0. The number of benzene rings is 3. The summed E-state index contributed by atoms with van der Waals surface area (Å²) in [5.41, 5.74) is 11.1. The summed E-state index contributed by atoms with van der Waals surface area (Å²) in [5.74, 6) is 2.74. The van der Waals surface area contributed by atoms with Gasteiger partial charge in [0, 0.05) is 0 Å². The Labute approximate surface area is 240 Å². The number of hydrogen-bond acceptors (Lipinski definition) is 0. The molecule has 0 radical (unpaired) electrons. The minimum absolute atomic E-state index is 0.133. The zero-order valence-corrected chi connectivity index (χ0v) is 25.4. The van der Waals surface area contributed by atoms with Crippen LogP contribution in [-0.4, -0.2) is 6.71 Å². The van der Waals surface area contributed by atoms with E-state index in [9.17, 15) is 0 Å². The van der Waals surface area contributed by atoms with E-state index in [-0.39, 0.29) is 6.71 Å². The van der Waals surface area contributed by atoms with Crippen molar-refractivity contribution in [2.45, 2.75) is 91.4 Å². The van der Waals surface area contributed by atoms with Crippen molar-refractivity contribution in [2.75, 3.05) is 0 Å². The molecule has 1 unspecified atom stereocenters. The van der Waals surface area contributed by atoms with Crippen LogP contribution < -0.4 is 10.9 Å². The van der Waals surface area contributed by atoms with Crippen LogP contribution >= 0.6 is 0 Å². The molecule has 1 saturated carbocycles. The first kappa shape index (κ1) is 30.5. The predicted octanol–water partition coefficient (Wildman–Crippen LogP) is 10.0. The summed E-state index contributed by atoms with van der Waals surface area (Å²) in [4.78, 5) is 0. The Morgan fingerprint density at radius 3 is 2.15 bits per heavy atom. The molecule has 0 nitrogen and oxygen atoms in total. The Balaban J connectivity index is 0.00000100. The number of rotatable bonds is 6. The van der Waals surface area contributed by atoms with Crippen LogP contribution in [0.25, 0.3) is 16.7 Å². The molecule has 0 bridgehead atoms. The molecule has 1 atom stereocenters. The molecule has 0 aromatic heterocycles. The van der Waals surface area contributed by atoms with Crippen molar-refractivity contribution in [3.8, 4) is 11.1 Å². The average Bonchev–Trinajstić information content (AvgIpc) is 3.26. The maximum atomic E-state index is 4.29. The highest BCUT2D eigenvalue weighted by atomic mass is 14.5. The van der Waals surface area contributed by atoms with Crippen LogP contribution in [0.2, 0.25) is 0 Å². The molecule has 3 aromatic carbocycles. The van der Waals surface area contributed by atoms with Gasteiger partial charge in [0.15, 0.2) is 0 Å². The minimum atomic E-state index is 0.133. The topological polar surface area (TPSA) is 0 Å². The lowest BCUT2D eigenvalue weighted by Crippen LogP contribution is -2.42. The third-order valence-corrected chi connectivity index (χ3v) is 8.51. The Hall–Kier alpha value is -3.06. The first-order valence-electron chi connectivity index (χ1n) is 15.3. The predicted molar refractivity (Wildman–Crippen MR) is 178 cm³/mol. The van der Waals surface area contributed by atoms with E-state index in [1.807, 2.05) is 40.7 Å². The van der Waals surface area contributed by atoms with Gasteiger partial charge in [0.25, 0.3) is 0 Å². The van der Waals surface area contributed by atoms with Gasteiger partial charge in [-0.05, 0) is 70.9 Å². The van der Waals surface area contributed by atoms with E-state index in [0.717, 1.165) is 5.57 Å². The zero-order valence-electron chi connectivity index (χ0n) is 25.4. The normalized spacial score (nSPS) is 16.9. The summed E-state index contributed by atoms with van der Waals surface area (Å²) < 4.78 is 0. The van der Waals surface area contributed by atoms with E-state index in [2.05, 4.69) is 98.9 Å². The van der Waals surface area contributed by atoms with Crippen LogP contribution in [0.5, 0.6) is 0 Å². The molecule has 39 heavy (non-hydrogen) atoms. The SMILES string of the molecule is C=CB(c1ccc(-c2ccc3c(c2)C2(CCCCC2)CC3C)cc1)c1ccccc1C(=C)/C=C\C.CC.CC. The standard InChI is InChI=1S/C34H37B.2C2H6/c1-5-12-25(3)31-13-8-9-14-33(31)35(6-2)29-18-15-27(16-19-29)28-17-20-30-26(4)24-34(32(30)23-28)21-10-7-11-22-34;2*1-2/h5-6,8-9,12-20,23,26H,2-3,7,10-11,21-22,24H2,1,4H3;2*1-2H3/b12-5-;;. The molecular weight excluding hydrogens is 467 g/mol. The first-order valence-corrected chi connectivity index (χ1v) is 15.3. The largest absolute Gasteiger partial charge is 0.234 e. The van der Waals surface area contributed by atoms with Crippen molar-refractivity contribution >= 4 is 23.2 Å². The molecule has 0 N–H and O–H groups in total. The number of fused-ring (bicyclic) bond motifs is 2. The van der Waals surface area contributed by atoms with Gasteiger partial charge in [0.05, 0.1) is 0 Å². The molecule has 204 valence electrons. The maximum absolute atomic E-state index is 4.29. The minimum Gasteiger partial charge on any atom is -0.113 e. The van der Waals surface area contributed by atoms with Crippen LogP contribution in [0, 0.1) is 0 Å². The Bertz CT molecular complexity index is 1250. The van der Waals surface area contributed by atoms with Gasteiger partial charge >= 0.3 is 0 Å². The lowest BCUT2D eigenvalue weighted by Gasteiger charge is -2.35. The highest BCUT2D eigenvalue weighted by Gasteiger charge is 2.42. The number of allylic oxidation sites excluding steroid dienone is 3. The van der Waals surface area contributed by atoms with Crippen LogP contribution in [0.1, 0.15) is 103 Å². The molecule has 0 saturated heterocycles. The highest BCUT2D eigenvalue weighted by Crippen LogP contribution is 2.54. The Morgan fingerprint density at radius 1 is 0.872 bits per heavy atom. The molecule has 1 spiro atoms.